The highest BCUT2D eigenvalue weighted by molar-refractivity contribution is 7.89. The third kappa shape index (κ3) is 4.91. The molecule has 2 aromatic carbocycles. The average Bonchev–Trinajstić information content (AvgIpc) is 2.61. The highest BCUT2D eigenvalue weighted by atomic mass is 32.2. The van der Waals surface area contributed by atoms with Crippen LogP contribution in [-0.4, -0.2) is 53.4 Å². The molecule has 1 amide bonds. The maximum atomic E-state index is 12.7. The van der Waals surface area contributed by atoms with E-state index in [4.69, 9.17) is 0 Å². The first-order valence-electron chi connectivity index (χ1n) is 8.39. The van der Waals surface area contributed by atoms with Crippen molar-refractivity contribution in [2.45, 2.75) is 10.9 Å². The Morgan fingerprint density at radius 2 is 1.73 bits per heavy atom. The minimum Gasteiger partial charge on any atom is -0.340 e. The minimum absolute atomic E-state index is 0.102. The van der Waals surface area contributed by atoms with Crippen LogP contribution in [0.2, 0.25) is 0 Å². The lowest BCUT2D eigenvalue weighted by molar-refractivity contribution is -0.860. The van der Waals surface area contributed by atoms with E-state index in [1.807, 2.05) is 44.4 Å². The van der Waals surface area contributed by atoms with Gasteiger partial charge in [-0.1, -0.05) is 36.4 Å². The van der Waals surface area contributed by atoms with Gasteiger partial charge in [-0.3, -0.25) is 4.79 Å². The van der Waals surface area contributed by atoms with Crippen molar-refractivity contribution in [1.82, 2.24) is 9.62 Å². The first-order chi connectivity index (χ1) is 12.2. The van der Waals surface area contributed by atoms with Crippen LogP contribution in [0.25, 0.3) is 0 Å². The van der Waals surface area contributed by atoms with Gasteiger partial charge in [0.1, 0.15) is 12.6 Å². The van der Waals surface area contributed by atoms with Crippen molar-refractivity contribution in [3.05, 3.63) is 65.7 Å². The van der Waals surface area contributed by atoms with Gasteiger partial charge in [-0.25, -0.2) is 12.7 Å². The zero-order valence-electron chi connectivity index (χ0n) is 15.6. The predicted molar refractivity (Wildman–Crippen MR) is 102 cm³/mol. The standard InChI is InChI=1S/C19H25N3O3S/c1-21(2)14-18(15-9-6-5-7-10-15)20-19(23)16-11-8-12-17(13-16)26(24,25)22(3)4/h5-13,18H,14H2,1-4H3,(H,20,23)/p+1/t18-/m0/s1. The number of nitrogens with one attached hydrogen (secondary N) is 2. The van der Waals surface area contributed by atoms with Crippen LogP contribution in [0.5, 0.6) is 0 Å². The maximum Gasteiger partial charge on any atom is 0.252 e. The molecule has 0 heterocycles. The van der Waals surface area contributed by atoms with E-state index >= 15 is 0 Å². The van der Waals surface area contributed by atoms with Crippen LogP contribution >= 0.6 is 0 Å². The summed E-state index contributed by atoms with van der Waals surface area (Å²) in [5, 5.41) is 3.02. The van der Waals surface area contributed by atoms with Gasteiger partial charge < -0.3 is 10.2 Å². The van der Waals surface area contributed by atoms with E-state index in [1.165, 1.54) is 31.1 Å². The summed E-state index contributed by atoms with van der Waals surface area (Å²) < 4.78 is 25.7. The summed E-state index contributed by atoms with van der Waals surface area (Å²) >= 11 is 0. The van der Waals surface area contributed by atoms with Gasteiger partial charge >= 0.3 is 0 Å². The van der Waals surface area contributed by atoms with Gasteiger partial charge in [-0.15, -0.1) is 0 Å². The van der Waals surface area contributed by atoms with E-state index in [-0.39, 0.29) is 16.8 Å². The number of sulfonamides is 1. The highest BCUT2D eigenvalue weighted by Gasteiger charge is 2.21. The summed E-state index contributed by atoms with van der Waals surface area (Å²) in [6.07, 6.45) is 0. The smallest absolute Gasteiger partial charge is 0.252 e. The molecule has 0 aliphatic carbocycles. The van der Waals surface area contributed by atoms with Gasteiger partial charge in [0.2, 0.25) is 10.0 Å². The van der Waals surface area contributed by atoms with Crippen molar-refractivity contribution in [3.8, 4) is 0 Å². The van der Waals surface area contributed by atoms with Gasteiger partial charge in [0, 0.05) is 19.7 Å². The Labute approximate surface area is 155 Å². The zero-order chi connectivity index (χ0) is 19.3. The van der Waals surface area contributed by atoms with Crippen molar-refractivity contribution >= 4 is 15.9 Å². The second-order valence-electron chi connectivity index (χ2n) is 6.66. The van der Waals surface area contributed by atoms with Crippen molar-refractivity contribution < 1.29 is 18.1 Å². The van der Waals surface area contributed by atoms with E-state index in [0.29, 0.717) is 12.1 Å². The molecular formula is C19H26N3O3S+. The molecule has 0 saturated carbocycles. The molecule has 6 nitrogen and oxygen atoms in total. The minimum atomic E-state index is -3.58. The third-order valence-corrected chi connectivity index (χ3v) is 5.81. The molecule has 1 atom stereocenters. The molecule has 0 aliphatic heterocycles. The fourth-order valence-corrected chi connectivity index (χ4v) is 3.54. The Kier molecular flexibility index (Phi) is 6.52. The summed E-state index contributed by atoms with van der Waals surface area (Å²) in [5.41, 5.74) is 1.33. The van der Waals surface area contributed by atoms with Crippen molar-refractivity contribution in [2.24, 2.45) is 0 Å². The number of amides is 1. The maximum absolute atomic E-state index is 12.7. The molecule has 7 heteroatoms. The summed E-state index contributed by atoms with van der Waals surface area (Å²) in [6.45, 7) is 0.714. The molecule has 0 aromatic heterocycles. The number of hydrogen-bond acceptors (Lipinski definition) is 3. The molecule has 0 spiro atoms. The van der Waals surface area contributed by atoms with Crippen LogP contribution in [-0.2, 0) is 10.0 Å². The van der Waals surface area contributed by atoms with Gasteiger partial charge in [-0.05, 0) is 23.8 Å². The van der Waals surface area contributed by atoms with Gasteiger partial charge in [0.15, 0.2) is 0 Å². The molecule has 0 radical (unpaired) electrons. The molecule has 0 unspecified atom stereocenters. The molecule has 2 rings (SSSR count). The third-order valence-electron chi connectivity index (χ3n) is 3.99. The van der Waals surface area contributed by atoms with Crippen molar-refractivity contribution in [2.75, 3.05) is 34.7 Å². The number of benzene rings is 2. The number of hydrogen-bond donors (Lipinski definition) is 2. The summed E-state index contributed by atoms with van der Waals surface area (Å²) in [4.78, 5) is 14.0. The Bertz CT molecular complexity index is 849. The monoisotopic (exact) mass is 376 g/mol. The van der Waals surface area contributed by atoms with E-state index in [9.17, 15) is 13.2 Å². The van der Waals surface area contributed by atoms with Crippen LogP contribution in [0, 0.1) is 0 Å². The summed E-state index contributed by atoms with van der Waals surface area (Å²) in [7, 11) is 3.39. The topological polar surface area (TPSA) is 70.9 Å². The molecule has 2 aromatic rings. The van der Waals surface area contributed by atoms with E-state index in [2.05, 4.69) is 5.32 Å². The molecule has 0 saturated heterocycles. The lowest BCUT2D eigenvalue weighted by Crippen LogP contribution is -3.06. The first kappa shape index (κ1) is 20.1. The predicted octanol–water partition coefficient (Wildman–Crippen LogP) is 0.553. The van der Waals surface area contributed by atoms with E-state index < -0.39 is 10.0 Å². The van der Waals surface area contributed by atoms with Crippen molar-refractivity contribution in [3.63, 3.8) is 0 Å². The quantitative estimate of drug-likeness (QED) is 0.742. The lowest BCUT2D eigenvalue weighted by atomic mass is 10.1. The van der Waals surface area contributed by atoms with E-state index in [0.717, 1.165) is 9.87 Å². The van der Waals surface area contributed by atoms with Crippen molar-refractivity contribution in [1.29, 1.82) is 0 Å². The number of carbonyl (C=O) groups excluding carboxylic acids is 1. The number of quaternary nitrogens is 1. The number of rotatable bonds is 7. The van der Waals surface area contributed by atoms with Crippen LogP contribution in [0.3, 0.4) is 0 Å². The fraction of sp³-hybridized carbons (Fsp3) is 0.316. The molecular weight excluding hydrogens is 350 g/mol. The molecule has 0 bridgehead atoms. The Hall–Kier alpha value is -2.22. The number of likely N-dealkylation sites (N-methyl/N-ethyl adjacent to an activating group) is 1. The van der Waals surface area contributed by atoms with Gasteiger partial charge in [-0.2, -0.15) is 0 Å². The Morgan fingerprint density at radius 3 is 2.31 bits per heavy atom. The fourth-order valence-electron chi connectivity index (χ4n) is 2.60. The molecule has 0 aliphatic rings. The van der Waals surface area contributed by atoms with E-state index in [1.54, 1.807) is 12.1 Å². The average molecular weight is 377 g/mol. The summed E-state index contributed by atoms with van der Waals surface area (Å²) in [5.74, 6) is -0.295. The van der Waals surface area contributed by atoms with Gasteiger partial charge in [0.25, 0.3) is 5.91 Å². The Balaban J connectivity index is 2.27. The second-order valence-corrected chi connectivity index (χ2v) is 8.82. The zero-order valence-corrected chi connectivity index (χ0v) is 16.4. The van der Waals surface area contributed by atoms with Crippen LogP contribution < -0.4 is 10.2 Å². The van der Waals surface area contributed by atoms with Crippen LogP contribution in [0.1, 0.15) is 22.0 Å². The van der Waals surface area contributed by atoms with Crippen LogP contribution in [0.4, 0.5) is 0 Å². The molecule has 140 valence electrons. The lowest BCUT2D eigenvalue weighted by Gasteiger charge is -2.21. The summed E-state index contributed by atoms with van der Waals surface area (Å²) in [6, 6.07) is 15.7. The highest BCUT2D eigenvalue weighted by Crippen LogP contribution is 2.16. The molecule has 2 N–H and O–H groups in total. The number of carbonyl (C=O) groups is 1. The largest absolute Gasteiger partial charge is 0.340 e. The molecule has 0 fully saturated rings. The van der Waals surface area contributed by atoms with Gasteiger partial charge in [0.05, 0.1) is 19.0 Å². The normalized spacial score (nSPS) is 13.0. The van der Waals surface area contributed by atoms with Crippen LogP contribution in [0.15, 0.2) is 59.5 Å². The molecule has 26 heavy (non-hydrogen) atoms. The second kappa shape index (κ2) is 8.44. The SMILES string of the molecule is CN(C)S(=O)(=O)c1cccc(C(=O)N[C@@H](C[NH+](C)C)c2ccccc2)c1. The first-order valence-corrected chi connectivity index (χ1v) is 9.83. The Morgan fingerprint density at radius 1 is 1.08 bits per heavy atom. The number of nitrogens with zero attached hydrogens (tertiary/aromatic N) is 1.